The number of halogens is 1. The number of carboxylic acid groups (broad SMARTS) is 1. The van der Waals surface area contributed by atoms with E-state index in [1.54, 1.807) is 91.0 Å². The number of ether oxygens (including phenoxy) is 2. The second-order valence-electron chi connectivity index (χ2n) is 20.3. The molecule has 0 aliphatic heterocycles. The number of aliphatic carboxylic acids is 1. The van der Waals surface area contributed by atoms with Crippen molar-refractivity contribution >= 4 is 67.8 Å². The molecule has 6 aromatic rings. The molecular formula is C60H78ClN3O15S4. The van der Waals surface area contributed by atoms with Crippen molar-refractivity contribution in [3.63, 3.8) is 0 Å². The maximum absolute atomic E-state index is 12.5. The number of carboxylic acids is 1. The van der Waals surface area contributed by atoms with Crippen molar-refractivity contribution in [3.8, 4) is 0 Å². The van der Waals surface area contributed by atoms with Gasteiger partial charge < -0.3 is 20.3 Å². The number of rotatable bonds is 24. The summed E-state index contributed by atoms with van der Waals surface area (Å²) in [6.45, 7) is 13.9. The lowest BCUT2D eigenvalue weighted by atomic mass is 10.1. The van der Waals surface area contributed by atoms with Crippen molar-refractivity contribution < 1.29 is 67.2 Å². The van der Waals surface area contributed by atoms with Gasteiger partial charge in [0.25, 0.3) is 10.1 Å². The van der Waals surface area contributed by atoms with Crippen LogP contribution in [0.15, 0.2) is 181 Å². The number of hydrogen-bond acceptors (Lipinski definition) is 14. The first kappa shape index (κ1) is 72.8. The molecule has 6 rings (SSSR count). The number of nitrogens with one attached hydrogen (secondary N) is 2. The lowest BCUT2D eigenvalue weighted by molar-refractivity contribution is -0.148. The molecule has 0 bridgehead atoms. The lowest BCUT2D eigenvalue weighted by Crippen LogP contribution is -2.43. The third-order valence-corrected chi connectivity index (χ3v) is 15.6. The number of benzene rings is 6. The second-order valence-corrected chi connectivity index (χ2v) is 28.0. The molecule has 0 unspecified atom stereocenters. The van der Waals surface area contributed by atoms with Gasteiger partial charge in [-0.3, -0.25) is 18.9 Å². The summed E-state index contributed by atoms with van der Waals surface area (Å²) in [6.07, 6.45) is 1.30. The first-order valence-corrected chi connectivity index (χ1v) is 33.5. The highest BCUT2D eigenvalue weighted by Gasteiger charge is 2.28. The van der Waals surface area contributed by atoms with Gasteiger partial charge in [-0.1, -0.05) is 211 Å². The smallest absolute Gasteiger partial charge is 0.324 e. The van der Waals surface area contributed by atoms with Crippen molar-refractivity contribution in [2.75, 3.05) is 0 Å². The Labute approximate surface area is 495 Å². The standard InChI is InChI=1S/C20H25NO4S.C13H19NO4S.C13H19NO2.C7H7ClO2S.C7H8O3S/c1-16(2)13-19(20(22)25-14-17-9-5-3-6-10-17)21-26(23,24)15-18-11-7-4-8-12-18;1-10(2)8-12(13(15)16)14-19(17,18)9-11-6-4-3-5-7-11;1-10(2)8-12(14)13(15)16-9-11-6-4-3-5-7-11;8-11(9,10)6-7-4-2-1-3-5-7;1-6-2-4-7(5-3-6)11(8,9)10/h3-12,16,19,21H,13-15H2,1-2H3;3-7,10,12,14H,8-9H2,1-2H3,(H,15,16);3-7,10,12H,8-9,14H2,1-2H3;1-5H,6H2;2-5H,1H3,(H,8,9,10)/t19-;2*12-;;/m000../s1. The van der Waals surface area contributed by atoms with Crippen molar-refractivity contribution in [2.45, 2.75) is 121 Å². The molecule has 6 N–H and O–H groups in total. The van der Waals surface area contributed by atoms with Crippen LogP contribution in [0.25, 0.3) is 0 Å². The molecule has 0 radical (unpaired) electrons. The van der Waals surface area contributed by atoms with Gasteiger partial charge >= 0.3 is 17.9 Å². The number of aryl methyl sites for hydroxylation is 1. The SMILES string of the molecule is CC(C)C[C@H](N)C(=O)OCc1ccccc1.CC(C)C[C@H](NS(=O)(=O)Cc1ccccc1)C(=O)O.CC(C)C[C@H](NS(=O)(=O)Cc1ccccc1)C(=O)OCc1ccccc1.Cc1ccc(S(=O)(=O)O)cc1.O=S(=O)(Cl)Cc1ccccc1. The van der Waals surface area contributed by atoms with Gasteiger partial charge in [0, 0.05) is 10.7 Å². The molecular weight excluding hydrogens is 1170 g/mol. The van der Waals surface area contributed by atoms with Crippen LogP contribution < -0.4 is 15.2 Å². The highest BCUT2D eigenvalue weighted by atomic mass is 35.7. The van der Waals surface area contributed by atoms with Crippen LogP contribution in [0.1, 0.15) is 94.2 Å². The number of esters is 2. The number of carbonyl (C=O) groups excluding carboxylic acids is 2. The summed E-state index contributed by atoms with van der Waals surface area (Å²) in [5.41, 5.74) is 10.5. The van der Waals surface area contributed by atoms with Gasteiger partial charge in [-0.15, -0.1) is 0 Å². The monoisotopic (exact) mass is 1240 g/mol. The fourth-order valence-corrected chi connectivity index (χ4v) is 11.3. The van der Waals surface area contributed by atoms with E-state index in [-0.39, 0.29) is 53.0 Å². The van der Waals surface area contributed by atoms with Crippen molar-refractivity contribution in [2.24, 2.45) is 23.5 Å². The third-order valence-electron chi connectivity index (χ3n) is 11.0. The summed E-state index contributed by atoms with van der Waals surface area (Å²) >= 11 is 0. The fraction of sp³-hybridized carbons (Fsp3) is 0.350. The zero-order valence-electron chi connectivity index (χ0n) is 47.7. The molecule has 0 aromatic heterocycles. The summed E-state index contributed by atoms with van der Waals surface area (Å²) in [5.74, 6) is -1.87. The van der Waals surface area contributed by atoms with Crippen molar-refractivity contribution in [3.05, 3.63) is 209 Å². The van der Waals surface area contributed by atoms with E-state index in [1.807, 2.05) is 121 Å². The molecule has 23 heteroatoms. The summed E-state index contributed by atoms with van der Waals surface area (Å²) in [6, 6.07) is 48.8. The van der Waals surface area contributed by atoms with E-state index in [9.17, 15) is 48.1 Å². The Hall–Kier alpha value is -6.34. The van der Waals surface area contributed by atoms with Crippen LogP contribution in [0.4, 0.5) is 0 Å². The predicted molar refractivity (Wildman–Crippen MR) is 324 cm³/mol. The molecule has 0 saturated carbocycles. The van der Waals surface area contributed by atoms with Crippen LogP contribution in [0.5, 0.6) is 0 Å². The number of nitrogens with two attached hydrogens (primary N) is 1. The maximum Gasteiger partial charge on any atom is 0.324 e. The lowest BCUT2D eigenvalue weighted by Gasteiger charge is -2.19. The van der Waals surface area contributed by atoms with Gasteiger partial charge in [0.05, 0.1) is 22.2 Å². The van der Waals surface area contributed by atoms with Crippen LogP contribution in [0.3, 0.4) is 0 Å². The maximum atomic E-state index is 12.5. The Bertz CT molecular complexity index is 3290. The third kappa shape index (κ3) is 34.8. The van der Waals surface area contributed by atoms with Gasteiger partial charge in [-0.25, -0.2) is 34.7 Å². The normalized spacial score (nSPS) is 12.5. The highest BCUT2D eigenvalue weighted by molar-refractivity contribution is 8.13. The largest absolute Gasteiger partial charge is 0.480 e. The van der Waals surface area contributed by atoms with Crippen LogP contribution in [0.2, 0.25) is 0 Å². The minimum absolute atomic E-state index is 0.0666. The Kier molecular flexibility index (Phi) is 32.5. The Balaban J connectivity index is 0.000000368. The van der Waals surface area contributed by atoms with Crippen LogP contribution in [0, 0.1) is 24.7 Å². The Morgan fingerprint density at radius 3 is 1.11 bits per heavy atom. The van der Waals surface area contributed by atoms with E-state index < -0.39 is 69.3 Å². The van der Waals surface area contributed by atoms with Gasteiger partial charge in [0.1, 0.15) is 31.3 Å². The molecule has 18 nitrogen and oxygen atoms in total. The molecule has 0 saturated heterocycles. The van der Waals surface area contributed by atoms with E-state index >= 15 is 0 Å². The molecule has 3 atom stereocenters. The zero-order valence-corrected chi connectivity index (χ0v) is 51.7. The minimum Gasteiger partial charge on any atom is -0.480 e. The van der Waals surface area contributed by atoms with E-state index in [2.05, 4.69) is 9.44 Å². The number of sulfonamides is 2. The van der Waals surface area contributed by atoms with Crippen LogP contribution in [-0.2, 0) is 93.5 Å². The molecule has 0 amide bonds. The highest BCUT2D eigenvalue weighted by Crippen LogP contribution is 2.15. The van der Waals surface area contributed by atoms with Gasteiger partial charge in [-0.2, -0.15) is 8.42 Å². The quantitative estimate of drug-likeness (QED) is 0.0214. The second kappa shape index (κ2) is 37.1. The van der Waals surface area contributed by atoms with E-state index in [1.165, 1.54) is 12.1 Å². The summed E-state index contributed by atoms with van der Waals surface area (Å²) in [5, 5.41) is 9.02. The molecule has 83 heavy (non-hydrogen) atoms. The van der Waals surface area contributed by atoms with E-state index in [0.717, 1.165) is 16.7 Å². The minimum atomic E-state index is -4.02. The van der Waals surface area contributed by atoms with Gasteiger partial charge in [-0.05, 0) is 83.9 Å². The van der Waals surface area contributed by atoms with Crippen LogP contribution >= 0.6 is 10.7 Å². The topological polar surface area (TPSA) is 297 Å². The van der Waals surface area contributed by atoms with Gasteiger partial charge in [0.2, 0.25) is 29.1 Å². The Morgan fingerprint density at radius 1 is 0.470 bits per heavy atom. The summed E-state index contributed by atoms with van der Waals surface area (Å²) in [4.78, 5) is 34.9. The van der Waals surface area contributed by atoms with E-state index in [0.29, 0.717) is 42.1 Å². The summed E-state index contributed by atoms with van der Waals surface area (Å²) < 4.78 is 115. The fourth-order valence-electron chi connectivity index (χ4n) is 7.19. The average Bonchev–Trinajstić information content (AvgIpc) is 3.40. The summed E-state index contributed by atoms with van der Waals surface area (Å²) in [7, 11) is -9.70. The van der Waals surface area contributed by atoms with Crippen molar-refractivity contribution in [1.82, 2.24) is 9.44 Å². The number of hydrogen-bond donors (Lipinski definition) is 5. The predicted octanol–water partition coefficient (Wildman–Crippen LogP) is 9.97. The molecule has 0 aliphatic carbocycles. The number of carbonyl (C=O) groups is 3. The first-order chi connectivity index (χ1) is 38.8. The molecule has 0 aliphatic rings. The molecule has 6 aromatic carbocycles. The van der Waals surface area contributed by atoms with Crippen LogP contribution in [-0.4, -0.2) is 79.4 Å². The molecule has 454 valence electrons. The molecule has 0 spiro atoms. The van der Waals surface area contributed by atoms with E-state index in [4.69, 9.17) is 35.5 Å². The van der Waals surface area contributed by atoms with Crippen molar-refractivity contribution in [1.29, 1.82) is 0 Å². The van der Waals surface area contributed by atoms with Gasteiger partial charge in [0.15, 0.2) is 0 Å². The zero-order chi connectivity index (χ0) is 62.2. The molecule has 0 heterocycles. The Morgan fingerprint density at radius 2 is 0.783 bits per heavy atom. The average molecular weight is 1250 g/mol. The first-order valence-electron chi connectivity index (χ1n) is 26.3. The molecule has 0 fully saturated rings.